The second-order valence-corrected chi connectivity index (χ2v) is 5.67. The average molecular weight is 241 g/mol. The molecule has 0 radical (unpaired) electrons. The lowest BCUT2D eigenvalue weighted by Crippen LogP contribution is -2.38. The number of hydrogen-bond donors (Lipinski definition) is 1. The Balaban J connectivity index is 2.30. The molecule has 1 saturated carbocycles. The van der Waals surface area contributed by atoms with Crippen molar-refractivity contribution in [1.82, 2.24) is 5.32 Å². The highest BCUT2D eigenvalue weighted by atomic mass is 16.5. The Morgan fingerprint density at radius 1 is 1.18 bits per heavy atom. The minimum atomic E-state index is 0.369. The number of ether oxygens (including phenoxy) is 1. The fraction of sp³-hybridized carbons (Fsp3) is 1.00. The molecule has 1 aliphatic rings. The van der Waals surface area contributed by atoms with Crippen molar-refractivity contribution in [3.63, 3.8) is 0 Å². The molecule has 0 saturated heterocycles. The van der Waals surface area contributed by atoms with Gasteiger partial charge in [0, 0.05) is 12.6 Å². The molecule has 1 aliphatic carbocycles. The zero-order chi connectivity index (χ0) is 12.5. The highest BCUT2D eigenvalue weighted by Crippen LogP contribution is 2.27. The normalized spacial score (nSPS) is 19.8. The smallest absolute Gasteiger partial charge is 0.0518 e. The van der Waals surface area contributed by atoms with Gasteiger partial charge in [-0.3, -0.25) is 0 Å². The standard InChI is InChI=1S/C15H31NO/c1-4-11-16-15(10-12-17-13(2)3)14-8-6-5-7-9-14/h13-16H,4-12H2,1-3H3. The summed E-state index contributed by atoms with van der Waals surface area (Å²) in [4.78, 5) is 0. The summed E-state index contributed by atoms with van der Waals surface area (Å²) >= 11 is 0. The maximum atomic E-state index is 5.70. The minimum Gasteiger partial charge on any atom is -0.379 e. The van der Waals surface area contributed by atoms with Crippen molar-refractivity contribution < 1.29 is 4.74 Å². The van der Waals surface area contributed by atoms with Crippen molar-refractivity contribution in [2.45, 2.75) is 77.9 Å². The van der Waals surface area contributed by atoms with Crippen LogP contribution in [0.1, 0.15) is 65.7 Å². The lowest BCUT2D eigenvalue weighted by molar-refractivity contribution is 0.0649. The molecule has 0 aliphatic heterocycles. The first kappa shape index (κ1) is 15.0. The van der Waals surface area contributed by atoms with E-state index >= 15 is 0 Å². The van der Waals surface area contributed by atoms with Gasteiger partial charge in [0.05, 0.1) is 6.10 Å². The Morgan fingerprint density at radius 2 is 1.88 bits per heavy atom. The molecular formula is C15H31NO. The lowest BCUT2D eigenvalue weighted by Gasteiger charge is -2.31. The van der Waals surface area contributed by atoms with E-state index in [1.54, 1.807) is 0 Å². The maximum Gasteiger partial charge on any atom is 0.0518 e. The zero-order valence-electron chi connectivity index (χ0n) is 12.0. The summed E-state index contributed by atoms with van der Waals surface area (Å²) in [6.45, 7) is 8.55. The van der Waals surface area contributed by atoms with Crippen LogP contribution in [0.25, 0.3) is 0 Å². The third-order valence-corrected chi connectivity index (χ3v) is 3.76. The molecule has 0 heterocycles. The van der Waals surface area contributed by atoms with Gasteiger partial charge in [0.15, 0.2) is 0 Å². The number of hydrogen-bond acceptors (Lipinski definition) is 2. The Morgan fingerprint density at radius 3 is 2.47 bits per heavy atom. The van der Waals surface area contributed by atoms with E-state index in [2.05, 4.69) is 26.1 Å². The highest BCUT2D eigenvalue weighted by molar-refractivity contribution is 4.79. The summed E-state index contributed by atoms with van der Waals surface area (Å²) in [5.74, 6) is 0.895. The van der Waals surface area contributed by atoms with E-state index in [1.807, 2.05) is 0 Å². The summed E-state index contributed by atoms with van der Waals surface area (Å²) in [5.41, 5.74) is 0. The molecule has 1 rings (SSSR count). The summed E-state index contributed by atoms with van der Waals surface area (Å²) < 4.78 is 5.70. The van der Waals surface area contributed by atoms with Crippen LogP contribution >= 0.6 is 0 Å². The van der Waals surface area contributed by atoms with Gasteiger partial charge in [-0.25, -0.2) is 0 Å². The van der Waals surface area contributed by atoms with Gasteiger partial charge in [-0.05, 0) is 52.0 Å². The van der Waals surface area contributed by atoms with E-state index in [1.165, 1.54) is 44.9 Å². The van der Waals surface area contributed by atoms with Crippen molar-refractivity contribution in [3.05, 3.63) is 0 Å². The van der Waals surface area contributed by atoms with Crippen LogP contribution in [-0.2, 0) is 4.74 Å². The summed E-state index contributed by atoms with van der Waals surface area (Å²) in [6, 6.07) is 0.689. The van der Waals surface area contributed by atoms with Crippen LogP contribution in [0.5, 0.6) is 0 Å². The van der Waals surface area contributed by atoms with Crippen molar-refractivity contribution in [1.29, 1.82) is 0 Å². The van der Waals surface area contributed by atoms with Gasteiger partial charge in [0.1, 0.15) is 0 Å². The van der Waals surface area contributed by atoms with Gasteiger partial charge in [-0.1, -0.05) is 26.2 Å². The molecule has 0 aromatic heterocycles. The molecule has 1 N–H and O–H groups in total. The molecule has 0 bridgehead atoms. The first-order valence-corrected chi connectivity index (χ1v) is 7.59. The molecule has 0 aromatic rings. The van der Waals surface area contributed by atoms with Crippen LogP contribution in [-0.4, -0.2) is 25.3 Å². The van der Waals surface area contributed by atoms with Crippen molar-refractivity contribution in [3.8, 4) is 0 Å². The molecule has 1 unspecified atom stereocenters. The summed E-state index contributed by atoms with van der Waals surface area (Å²) in [7, 11) is 0. The van der Waals surface area contributed by atoms with Crippen LogP contribution in [0, 0.1) is 5.92 Å². The Bertz CT molecular complexity index is 176. The SMILES string of the molecule is CCCNC(CCOC(C)C)C1CCCCC1. The Labute approximate surface area is 108 Å². The predicted molar refractivity (Wildman–Crippen MR) is 74.4 cm³/mol. The quantitative estimate of drug-likeness (QED) is 0.699. The van der Waals surface area contributed by atoms with Crippen LogP contribution in [0.2, 0.25) is 0 Å². The molecule has 0 aromatic carbocycles. The van der Waals surface area contributed by atoms with Gasteiger partial charge >= 0.3 is 0 Å². The van der Waals surface area contributed by atoms with E-state index < -0.39 is 0 Å². The molecule has 1 atom stereocenters. The van der Waals surface area contributed by atoms with Crippen LogP contribution < -0.4 is 5.32 Å². The molecule has 17 heavy (non-hydrogen) atoms. The summed E-state index contributed by atoms with van der Waals surface area (Å²) in [5, 5.41) is 3.73. The van der Waals surface area contributed by atoms with Crippen LogP contribution in [0.15, 0.2) is 0 Å². The lowest BCUT2D eigenvalue weighted by atomic mass is 9.82. The monoisotopic (exact) mass is 241 g/mol. The average Bonchev–Trinajstić information content (AvgIpc) is 2.34. The first-order valence-electron chi connectivity index (χ1n) is 7.59. The van der Waals surface area contributed by atoms with Crippen molar-refractivity contribution in [2.75, 3.05) is 13.2 Å². The van der Waals surface area contributed by atoms with Gasteiger partial charge in [-0.15, -0.1) is 0 Å². The van der Waals surface area contributed by atoms with Crippen LogP contribution in [0.3, 0.4) is 0 Å². The third-order valence-electron chi connectivity index (χ3n) is 3.76. The Hall–Kier alpha value is -0.0800. The van der Waals surface area contributed by atoms with Gasteiger partial charge < -0.3 is 10.1 Å². The van der Waals surface area contributed by atoms with E-state index in [9.17, 15) is 0 Å². The topological polar surface area (TPSA) is 21.3 Å². The van der Waals surface area contributed by atoms with E-state index in [0.717, 1.165) is 19.1 Å². The molecule has 2 heteroatoms. The molecule has 102 valence electrons. The van der Waals surface area contributed by atoms with E-state index in [-0.39, 0.29) is 0 Å². The van der Waals surface area contributed by atoms with Gasteiger partial charge in [0.25, 0.3) is 0 Å². The molecule has 2 nitrogen and oxygen atoms in total. The number of rotatable bonds is 8. The predicted octanol–water partition coefficient (Wildman–Crippen LogP) is 3.75. The first-order chi connectivity index (χ1) is 8.24. The third kappa shape index (κ3) is 6.42. The van der Waals surface area contributed by atoms with Crippen molar-refractivity contribution >= 4 is 0 Å². The van der Waals surface area contributed by atoms with Gasteiger partial charge in [-0.2, -0.15) is 0 Å². The fourth-order valence-corrected chi connectivity index (χ4v) is 2.80. The zero-order valence-corrected chi connectivity index (χ0v) is 12.0. The fourth-order valence-electron chi connectivity index (χ4n) is 2.80. The maximum absolute atomic E-state index is 5.70. The van der Waals surface area contributed by atoms with E-state index in [0.29, 0.717) is 12.1 Å². The largest absolute Gasteiger partial charge is 0.379 e. The second kappa shape index (κ2) is 8.93. The highest BCUT2D eigenvalue weighted by Gasteiger charge is 2.22. The Kier molecular flexibility index (Phi) is 7.87. The number of nitrogens with one attached hydrogen (secondary N) is 1. The van der Waals surface area contributed by atoms with Crippen LogP contribution in [0.4, 0.5) is 0 Å². The minimum absolute atomic E-state index is 0.369. The molecule has 0 spiro atoms. The summed E-state index contributed by atoms with van der Waals surface area (Å²) in [6.07, 6.45) is 9.93. The second-order valence-electron chi connectivity index (χ2n) is 5.67. The molecular weight excluding hydrogens is 210 g/mol. The van der Waals surface area contributed by atoms with Crippen molar-refractivity contribution in [2.24, 2.45) is 5.92 Å². The van der Waals surface area contributed by atoms with E-state index in [4.69, 9.17) is 4.74 Å². The van der Waals surface area contributed by atoms with Gasteiger partial charge in [0.2, 0.25) is 0 Å². The molecule has 1 fully saturated rings. The molecule has 0 amide bonds.